The third-order valence-electron chi connectivity index (χ3n) is 1.99. The molecule has 0 radical (unpaired) electrons. The van der Waals surface area contributed by atoms with Crippen LogP contribution in [0.15, 0.2) is 11.6 Å². The van der Waals surface area contributed by atoms with Crippen LogP contribution < -0.4 is 0 Å². The molecule has 1 nitrogen and oxygen atoms in total. The van der Waals surface area contributed by atoms with Gasteiger partial charge in [0.05, 0.1) is 6.10 Å². The highest BCUT2D eigenvalue weighted by Crippen LogP contribution is 2.22. The molecule has 9 heavy (non-hydrogen) atoms. The predicted molar refractivity (Wildman–Crippen MR) is 38.2 cm³/mol. The Morgan fingerprint density at radius 2 is 2.33 bits per heavy atom. The standard InChI is InChI=1S/C8H14O/c1-2-7-5-3-4-6-8(7)9/h2,8-9H,3-6H2,1H3/b7-2+/t8-/m1/s1. The summed E-state index contributed by atoms with van der Waals surface area (Å²) in [5.74, 6) is 0. The maximum atomic E-state index is 9.30. The van der Waals surface area contributed by atoms with Crippen LogP contribution >= 0.6 is 0 Å². The molecule has 1 atom stereocenters. The van der Waals surface area contributed by atoms with Gasteiger partial charge in [0.2, 0.25) is 0 Å². The molecule has 1 fully saturated rings. The Morgan fingerprint density at radius 3 is 2.78 bits per heavy atom. The molecule has 0 aromatic heterocycles. The lowest BCUT2D eigenvalue weighted by molar-refractivity contribution is 0.178. The normalized spacial score (nSPS) is 33.1. The molecular formula is C8H14O. The first-order chi connectivity index (χ1) is 4.34. The molecular weight excluding hydrogens is 112 g/mol. The summed E-state index contributed by atoms with van der Waals surface area (Å²) in [7, 11) is 0. The minimum Gasteiger partial charge on any atom is -0.389 e. The molecule has 1 aliphatic carbocycles. The minimum absolute atomic E-state index is 0.122. The molecule has 52 valence electrons. The molecule has 0 heterocycles. The maximum Gasteiger partial charge on any atom is 0.0750 e. The summed E-state index contributed by atoms with van der Waals surface area (Å²) >= 11 is 0. The van der Waals surface area contributed by atoms with E-state index >= 15 is 0 Å². The summed E-state index contributed by atoms with van der Waals surface area (Å²) in [5, 5.41) is 9.30. The molecule has 0 amide bonds. The number of rotatable bonds is 0. The maximum absolute atomic E-state index is 9.30. The first-order valence-corrected chi connectivity index (χ1v) is 3.67. The fraction of sp³-hybridized carbons (Fsp3) is 0.750. The van der Waals surface area contributed by atoms with Gasteiger partial charge in [-0.15, -0.1) is 0 Å². The van der Waals surface area contributed by atoms with E-state index in [4.69, 9.17) is 0 Å². The van der Waals surface area contributed by atoms with Crippen molar-refractivity contribution in [2.75, 3.05) is 0 Å². The lowest BCUT2D eigenvalue weighted by atomic mass is 9.92. The number of hydrogen-bond donors (Lipinski definition) is 1. The van der Waals surface area contributed by atoms with Gasteiger partial charge in [0.25, 0.3) is 0 Å². The van der Waals surface area contributed by atoms with Crippen LogP contribution in [-0.2, 0) is 0 Å². The van der Waals surface area contributed by atoms with Crippen LogP contribution in [0, 0.1) is 0 Å². The molecule has 1 aliphatic rings. The van der Waals surface area contributed by atoms with Crippen LogP contribution in [0.1, 0.15) is 32.6 Å². The number of allylic oxidation sites excluding steroid dienone is 1. The van der Waals surface area contributed by atoms with E-state index in [1.807, 2.05) is 13.0 Å². The van der Waals surface area contributed by atoms with Crippen molar-refractivity contribution in [2.45, 2.75) is 38.7 Å². The zero-order valence-electron chi connectivity index (χ0n) is 5.93. The van der Waals surface area contributed by atoms with Crippen LogP contribution in [0.3, 0.4) is 0 Å². The van der Waals surface area contributed by atoms with Crippen molar-refractivity contribution in [1.29, 1.82) is 0 Å². The van der Waals surface area contributed by atoms with Crippen molar-refractivity contribution in [1.82, 2.24) is 0 Å². The highest BCUT2D eigenvalue weighted by molar-refractivity contribution is 5.08. The van der Waals surface area contributed by atoms with Crippen LogP contribution in [-0.4, -0.2) is 11.2 Å². The van der Waals surface area contributed by atoms with E-state index in [1.54, 1.807) is 0 Å². The van der Waals surface area contributed by atoms with Gasteiger partial charge in [-0.05, 0) is 31.8 Å². The Labute approximate surface area is 56.4 Å². The molecule has 1 heteroatoms. The first kappa shape index (κ1) is 6.81. The van der Waals surface area contributed by atoms with Crippen LogP contribution in [0.2, 0.25) is 0 Å². The monoisotopic (exact) mass is 126 g/mol. The number of hydrogen-bond acceptors (Lipinski definition) is 1. The van der Waals surface area contributed by atoms with E-state index in [0.717, 1.165) is 12.8 Å². The van der Waals surface area contributed by atoms with Crippen molar-refractivity contribution < 1.29 is 5.11 Å². The van der Waals surface area contributed by atoms with E-state index in [-0.39, 0.29) is 6.10 Å². The molecule has 0 aromatic rings. The molecule has 1 N–H and O–H groups in total. The van der Waals surface area contributed by atoms with Gasteiger partial charge in [0.15, 0.2) is 0 Å². The predicted octanol–water partition coefficient (Wildman–Crippen LogP) is 1.87. The molecule has 0 spiro atoms. The second kappa shape index (κ2) is 3.02. The molecule has 1 rings (SSSR count). The van der Waals surface area contributed by atoms with Crippen molar-refractivity contribution in [3.05, 3.63) is 11.6 Å². The summed E-state index contributed by atoms with van der Waals surface area (Å²) in [5.41, 5.74) is 1.24. The van der Waals surface area contributed by atoms with Gasteiger partial charge < -0.3 is 5.11 Å². The van der Waals surface area contributed by atoms with Gasteiger partial charge in [0, 0.05) is 0 Å². The van der Waals surface area contributed by atoms with E-state index in [9.17, 15) is 5.11 Å². The van der Waals surface area contributed by atoms with Crippen LogP contribution in [0.25, 0.3) is 0 Å². The largest absolute Gasteiger partial charge is 0.389 e. The first-order valence-electron chi connectivity index (χ1n) is 3.67. The van der Waals surface area contributed by atoms with Crippen molar-refractivity contribution in [3.8, 4) is 0 Å². The average Bonchev–Trinajstić information content (AvgIpc) is 1.89. The van der Waals surface area contributed by atoms with Crippen LogP contribution in [0.5, 0.6) is 0 Å². The highest BCUT2D eigenvalue weighted by atomic mass is 16.3. The molecule has 0 bridgehead atoms. The summed E-state index contributed by atoms with van der Waals surface area (Å²) in [6, 6.07) is 0. The lowest BCUT2D eigenvalue weighted by Crippen LogP contribution is -2.14. The quantitative estimate of drug-likeness (QED) is 0.491. The summed E-state index contributed by atoms with van der Waals surface area (Å²) < 4.78 is 0. The Kier molecular flexibility index (Phi) is 2.29. The van der Waals surface area contributed by atoms with E-state index in [2.05, 4.69) is 0 Å². The third kappa shape index (κ3) is 1.55. The summed E-state index contributed by atoms with van der Waals surface area (Å²) in [6.45, 7) is 2.00. The van der Waals surface area contributed by atoms with Gasteiger partial charge in [0.1, 0.15) is 0 Å². The molecule has 0 saturated heterocycles. The third-order valence-corrected chi connectivity index (χ3v) is 1.99. The number of aliphatic hydroxyl groups excluding tert-OH is 1. The van der Waals surface area contributed by atoms with Crippen LogP contribution in [0.4, 0.5) is 0 Å². The van der Waals surface area contributed by atoms with Gasteiger partial charge in [-0.1, -0.05) is 12.5 Å². The molecule has 0 unspecified atom stereocenters. The van der Waals surface area contributed by atoms with Gasteiger partial charge in [-0.25, -0.2) is 0 Å². The Balaban J connectivity index is 2.49. The lowest BCUT2D eigenvalue weighted by Gasteiger charge is -2.19. The molecule has 1 saturated carbocycles. The van der Waals surface area contributed by atoms with E-state index in [1.165, 1.54) is 18.4 Å². The molecule has 0 aromatic carbocycles. The van der Waals surface area contributed by atoms with Gasteiger partial charge in [-0.2, -0.15) is 0 Å². The Bertz CT molecular complexity index is 116. The SMILES string of the molecule is C/C=C1\CCCC[C@H]1O. The van der Waals surface area contributed by atoms with Crippen molar-refractivity contribution in [3.63, 3.8) is 0 Å². The second-order valence-electron chi connectivity index (χ2n) is 2.63. The van der Waals surface area contributed by atoms with Crippen molar-refractivity contribution in [2.24, 2.45) is 0 Å². The topological polar surface area (TPSA) is 20.2 Å². The minimum atomic E-state index is -0.122. The summed E-state index contributed by atoms with van der Waals surface area (Å²) in [6.07, 6.45) is 6.46. The fourth-order valence-electron chi connectivity index (χ4n) is 1.36. The summed E-state index contributed by atoms with van der Waals surface area (Å²) in [4.78, 5) is 0. The second-order valence-corrected chi connectivity index (χ2v) is 2.63. The van der Waals surface area contributed by atoms with Gasteiger partial charge in [-0.3, -0.25) is 0 Å². The van der Waals surface area contributed by atoms with Crippen molar-refractivity contribution >= 4 is 0 Å². The Hall–Kier alpha value is -0.300. The smallest absolute Gasteiger partial charge is 0.0750 e. The highest BCUT2D eigenvalue weighted by Gasteiger charge is 2.13. The molecule has 0 aliphatic heterocycles. The fourth-order valence-corrected chi connectivity index (χ4v) is 1.36. The number of aliphatic hydroxyl groups is 1. The van der Waals surface area contributed by atoms with E-state index in [0.29, 0.717) is 0 Å². The zero-order chi connectivity index (χ0) is 6.69. The Morgan fingerprint density at radius 1 is 1.56 bits per heavy atom. The average molecular weight is 126 g/mol. The zero-order valence-corrected chi connectivity index (χ0v) is 5.93. The van der Waals surface area contributed by atoms with Gasteiger partial charge >= 0.3 is 0 Å². The van der Waals surface area contributed by atoms with E-state index < -0.39 is 0 Å².